The molecule has 1 fully saturated rings. The number of hydrogen-bond acceptors (Lipinski definition) is 11. The number of rotatable bonds is 8. The van der Waals surface area contributed by atoms with Crippen molar-refractivity contribution < 1.29 is 33.3 Å². The van der Waals surface area contributed by atoms with Crippen LogP contribution in [0.3, 0.4) is 0 Å². The highest BCUT2D eigenvalue weighted by atomic mass is 32.1. The SMILES string of the molecule is CC(C)C(=O)OC[C@@H]1O[C@@H](n2cnc3c(=S)nc(N)[nH]c32)[C@@H](OC(=O)C(C)C)[C@H]1OC(=O)C(C)C. The fraction of sp³-hybridized carbons (Fsp3) is 0.636. The Bertz CT molecular complexity index is 1160. The molecule has 0 bridgehead atoms. The Labute approximate surface area is 207 Å². The molecule has 0 spiro atoms. The van der Waals surface area contributed by atoms with Gasteiger partial charge in [-0.25, -0.2) is 9.97 Å². The molecule has 1 saturated heterocycles. The van der Waals surface area contributed by atoms with Crippen LogP contribution in [-0.2, 0) is 33.3 Å². The van der Waals surface area contributed by atoms with E-state index in [9.17, 15) is 14.4 Å². The second-order valence-corrected chi connectivity index (χ2v) is 9.63. The van der Waals surface area contributed by atoms with Gasteiger partial charge >= 0.3 is 17.9 Å². The first-order chi connectivity index (χ1) is 16.4. The monoisotopic (exact) mass is 509 g/mol. The van der Waals surface area contributed by atoms with Gasteiger partial charge in [-0.15, -0.1) is 0 Å². The van der Waals surface area contributed by atoms with Crippen molar-refractivity contribution >= 4 is 47.2 Å². The molecular formula is C22H31N5O7S. The third-order valence-electron chi connectivity index (χ3n) is 5.33. The summed E-state index contributed by atoms with van der Waals surface area (Å²) in [6, 6.07) is 0. The van der Waals surface area contributed by atoms with E-state index < -0.39 is 54.3 Å². The van der Waals surface area contributed by atoms with Crippen molar-refractivity contribution in [3.63, 3.8) is 0 Å². The Morgan fingerprint density at radius 1 is 1.06 bits per heavy atom. The van der Waals surface area contributed by atoms with Gasteiger partial charge in [-0.1, -0.05) is 53.8 Å². The molecule has 0 unspecified atom stereocenters. The molecule has 4 atom stereocenters. The second kappa shape index (κ2) is 10.7. The van der Waals surface area contributed by atoms with Crippen molar-refractivity contribution in [1.82, 2.24) is 19.5 Å². The standard InChI is InChI=1S/C22H31N5O7S/c1-9(2)19(28)31-7-12-14(33-20(29)10(3)4)15(34-21(30)11(5)6)18(32-12)27-8-24-13-16(27)25-22(23)26-17(13)35/h8-12,14-15,18H,7H2,1-6H3,(H3,23,25,26,35)/t12-,14-,15-,18+/m0/s1. The molecule has 192 valence electrons. The number of hydrogen-bond donors (Lipinski definition) is 2. The van der Waals surface area contributed by atoms with Gasteiger partial charge in [-0.2, -0.15) is 0 Å². The second-order valence-electron chi connectivity index (χ2n) is 9.24. The Morgan fingerprint density at radius 2 is 1.63 bits per heavy atom. The lowest BCUT2D eigenvalue weighted by molar-refractivity contribution is -0.173. The molecule has 3 rings (SSSR count). The minimum atomic E-state index is -1.08. The van der Waals surface area contributed by atoms with E-state index in [2.05, 4.69) is 15.0 Å². The summed E-state index contributed by atoms with van der Waals surface area (Å²) >= 11 is 5.25. The Morgan fingerprint density at radius 3 is 2.20 bits per heavy atom. The van der Waals surface area contributed by atoms with Gasteiger partial charge in [-0.05, 0) is 0 Å². The van der Waals surface area contributed by atoms with Crippen molar-refractivity contribution in [3.05, 3.63) is 11.0 Å². The van der Waals surface area contributed by atoms with E-state index >= 15 is 0 Å². The number of aromatic amines is 1. The summed E-state index contributed by atoms with van der Waals surface area (Å²) in [5, 5.41) is 0. The van der Waals surface area contributed by atoms with E-state index in [-0.39, 0.29) is 23.1 Å². The van der Waals surface area contributed by atoms with Crippen molar-refractivity contribution in [3.8, 4) is 0 Å². The molecule has 35 heavy (non-hydrogen) atoms. The number of anilines is 1. The fourth-order valence-corrected chi connectivity index (χ4v) is 3.60. The first-order valence-electron chi connectivity index (χ1n) is 11.4. The minimum absolute atomic E-state index is 0.0585. The number of imidazole rings is 1. The molecule has 0 amide bonds. The average molecular weight is 510 g/mol. The van der Waals surface area contributed by atoms with E-state index in [1.54, 1.807) is 46.1 Å². The number of nitrogens with zero attached hydrogens (tertiary/aromatic N) is 3. The molecule has 0 aromatic carbocycles. The zero-order valence-corrected chi connectivity index (χ0v) is 21.3. The van der Waals surface area contributed by atoms with Gasteiger partial charge < -0.3 is 29.7 Å². The van der Waals surface area contributed by atoms with Crippen LogP contribution in [0, 0.1) is 22.4 Å². The number of nitrogens with one attached hydrogen (secondary N) is 1. The molecule has 12 nitrogen and oxygen atoms in total. The number of carbonyl (C=O) groups excluding carboxylic acids is 3. The maximum atomic E-state index is 12.6. The highest BCUT2D eigenvalue weighted by Crippen LogP contribution is 2.36. The molecule has 1 aliphatic heterocycles. The third kappa shape index (κ3) is 5.78. The summed E-state index contributed by atoms with van der Waals surface area (Å²) in [6.07, 6.45) is -2.62. The third-order valence-corrected chi connectivity index (χ3v) is 5.62. The molecular weight excluding hydrogens is 478 g/mol. The van der Waals surface area contributed by atoms with E-state index in [1.807, 2.05) is 0 Å². The van der Waals surface area contributed by atoms with Crippen LogP contribution in [0.5, 0.6) is 0 Å². The molecule has 2 aromatic rings. The summed E-state index contributed by atoms with van der Waals surface area (Å²) in [5.74, 6) is -2.71. The average Bonchev–Trinajstić information content (AvgIpc) is 3.33. The van der Waals surface area contributed by atoms with Crippen molar-refractivity contribution in [1.29, 1.82) is 0 Å². The number of aromatic nitrogens is 4. The van der Waals surface area contributed by atoms with E-state index in [4.69, 9.17) is 36.9 Å². The summed E-state index contributed by atoms with van der Waals surface area (Å²) in [4.78, 5) is 48.5. The lowest BCUT2D eigenvalue weighted by Gasteiger charge is -2.26. The maximum absolute atomic E-state index is 12.6. The van der Waals surface area contributed by atoms with E-state index in [0.717, 1.165) is 0 Å². The Hall–Kier alpha value is -3.06. The number of ether oxygens (including phenoxy) is 4. The van der Waals surface area contributed by atoms with Crippen LogP contribution in [0.15, 0.2) is 6.33 Å². The molecule has 13 heteroatoms. The number of nitrogens with two attached hydrogens (primary N) is 1. The van der Waals surface area contributed by atoms with Gasteiger partial charge in [0.25, 0.3) is 0 Å². The normalized spacial score (nSPS) is 22.2. The van der Waals surface area contributed by atoms with E-state index in [1.165, 1.54) is 6.33 Å². The summed E-state index contributed by atoms with van der Waals surface area (Å²) in [6.45, 7) is 9.90. The maximum Gasteiger partial charge on any atom is 0.308 e. The molecule has 0 saturated carbocycles. The van der Waals surface area contributed by atoms with Crippen molar-refractivity contribution in [2.75, 3.05) is 12.3 Å². The van der Waals surface area contributed by atoms with Crippen molar-refractivity contribution in [2.24, 2.45) is 17.8 Å². The summed E-state index contributed by atoms with van der Waals surface area (Å²) < 4.78 is 24.8. The lowest BCUT2D eigenvalue weighted by Crippen LogP contribution is -2.42. The zero-order valence-electron chi connectivity index (χ0n) is 20.5. The van der Waals surface area contributed by atoms with Gasteiger partial charge in [0.2, 0.25) is 0 Å². The molecule has 1 aliphatic rings. The number of nitrogen functional groups attached to an aromatic ring is 1. The number of esters is 3. The number of H-pyrrole nitrogens is 1. The van der Waals surface area contributed by atoms with Gasteiger partial charge in [0, 0.05) is 0 Å². The molecule has 2 aromatic heterocycles. The van der Waals surface area contributed by atoms with Gasteiger partial charge in [0.1, 0.15) is 23.9 Å². The van der Waals surface area contributed by atoms with Crippen LogP contribution in [0.4, 0.5) is 5.95 Å². The van der Waals surface area contributed by atoms with Gasteiger partial charge in [0.05, 0.1) is 24.1 Å². The first-order valence-corrected chi connectivity index (χ1v) is 11.8. The fourth-order valence-electron chi connectivity index (χ4n) is 3.35. The predicted octanol–water partition coefficient (Wildman–Crippen LogP) is 2.30. The molecule has 3 N–H and O–H groups in total. The largest absolute Gasteiger partial charge is 0.463 e. The van der Waals surface area contributed by atoms with Crippen LogP contribution >= 0.6 is 12.2 Å². The van der Waals surface area contributed by atoms with Crippen molar-refractivity contribution in [2.45, 2.75) is 66.1 Å². The summed E-state index contributed by atoms with van der Waals surface area (Å²) in [7, 11) is 0. The van der Waals surface area contributed by atoms with Crippen LogP contribution < -0.4 is 5.73 Å². The highest BCUT2D eigenvalue weighted by Gasteiger charge is 2.51. The van der Waals surface area contributed by atoms with Crippen LogP contribution in [0.1, 0.15) is 47.8 Å². The smallest absolute Gasteiger partial charge is 0.308 e. The molecule has 3 heterocycles. The number of fused-ring (bicyclic) bond motifs is 1. The van der Waals surface area contributed by atoms with Gasteiger partial charge in [-0.3, -0.25) is 19.0 Å². The van der Waals surface area contributed by atoms with Crippen LogP contribution in [0.25, 0.3) is 11.2 Å². The predicted molar refractivity (Wildman–Crippen MR) is 126 cm³/mol. The number of carbonyl (C=O) groups is 3. The molecule has 0 radical (unpaired) electrons. The van der Waals surface area contributed by atoms with Crippen LogP contribution in [-0.4, -0.2) is 62.3 Å². The Balaban J connectivity index is 2.06. The quantitative estimate of drug-likeness (QED) is 0.305. The van der Waals surface area contributed by atoms with Crippen LogP contribution in [0.2, 0.25) is 0 Å². The lowest BCUT2D eigenvalue weighted by atomic mass is 10.1. The Kier molecular flexibility index (Phi) is 8.11. The zero-order chi connectivity index (χ0) is 26.0. The topological polar surface area (TPSA) is 161 Å². The first kappa shape index (κ1) is 26.5. The van der Waals surface area contributed by atoms with E-state index in [0.29, 0.717) is 11.2 Å². The minimum Gasteiger partial charge on any atom is -0.463 e. The summed E-state index contributed by atoms with van der Waals surface area (Å²) in [5.41, 5.74) is 6.58. The molecule has 0 aliphatic carbocycles. The van der Waals surface area contributed by atoms with Gasteiger partial charge in [0.15, 0.2) is 29.0 Å². The highest BCUT2D eigenvalue weighted by molar-refractivity contribution is 7.71.